The molecule has 0 aliphatic carbocycles. The first-order valence-electron chi connectivity index (χ1n) is 5.04. The Hall–Kier alpha value is -0.520. The second-order valence-corrected chi connectivity index (χ2v) is 3.86. The lowest BCUT2D eigenvalue weighted by Crippen LogP contribution is -2.33. The first-order valence-corrected chi connectivity index (χ1v) is 5.04. The zero-order valence-electron chi connectivity index (χ0n) is 8.55. The number of hydrogen-bond acceptors (Lipinski definition) is 2. The maximum atomic E-state index is 5.68. The van der Waals surface area contributed by atoms with Crippen LogP contribution in [0.1, 0.15) is 33.1 Å². The predicted octanol–water partition coefficient (Wildman–Crippen LogP) is 1.56. The smallest absolute Gasteiger partial charge is 0.0704 e. The van der Waals surface area contributed by atoms with Crippen LogP contribution in [0.4, 0.5) is 0 Å². The lowest BCUT2D eigenvalue weighted by atomic mass is 10.2. The average Bonchev–Trinajstić information content (AvgIpc) is 2.49. The first-order chi connectivity index (χ1) is 6.22. The minimum Gasteiger partial charge on any atom is -0.374 e. The minimum atomic E-state index is 0.398. The van der Waals surface area contributed by atoms with Crippen LogP contribution in [0.3, 0.4) is 0 Å². The second-order valence-electron chi connectivity index (χ2n) is 3.86. The van der Waals surface area contributed by atoms with Crippen molar-refractivity contribution in [3.05, 3.63) is 0 Å². The van der Waals surface area contributed by atoms with E-state index in [1.807, 2.05) is 0 Å². The summed E-state index contributed by atoms with van der Waals surface area (Å²) in [5.74, 6) is 2.65. The molecule has 0 aromatic heterocycles. The van der Waals surface area contributed by atoms with Crippen molar-refractivity contribution in [1.82, 2.24) is 5.32 Å². The summed E-state index contributed by atoms with van der Waals surface area (Å²) in [6.45, 7) is 5.18. The first kappa shape index (κ1) is 10.6. The van der Waals surface area contributed by atoms with Gasteiger partial charge in [0.2, 0.25) is 0 Å². The van der Waals surface area contributed by atoms with Gasteiger partial charge in [0.15, 0.2) is 0 Å². The Labute approximate surface area is 81.0 Å². The zero-order chi connectivity index (χ0) is 9.68. The third kappa shape index (κ3) is 3.80. The molecule has 0 bridgehead atoms. The largest absolute Gasteiger partial charge is 0.374 e. The van der Waals surface area contributed by atoms with Crippen LogP contribution in [0.2, 0.25) is 0 Å². The third-order valence-electron chi connectivity index (χ3n) is 2.44. The summed E-state index contributed by atoms with van der Waals surface area (Å²) in [4.78, 5) is 0. The molecule has 1 heterocycles. The van der Waals surface area contributed by atoms with Gasteiger partial charge in [-0.15, -0.1) is 12.3 Å². The lowest BCUT2D eigenvalue weighted by molar-refractivity contribution is 0.0547. The van der Waals surface area contributed by atoms with E-state index in [2.05, 4.69) is 25.1 Å². The summed E-state index contributed by atoms with van der Waals surface area (Å²) in [5.41, 5.74) is 0. The van der Waals surface area contributed by atoms with Crippen molar-refractivity contribution in [1.29, 1.82) is 0 Å². The highest BCUT2D eigenvalue weighted by Crippen LogP contribution is 2.18. The van der Waals surface area contributed by atoms with Gasteiger partial charge in [0.1, 0.15) is 0 Å². The van der Waals surface area contributed by atoms with Crippen LogP contribution < -0.4 is 5.32 Å². The van der Waals surface area contributed by atoms with E-state index >= 15 is 0 Å². The number of terminal acetylenes is 1. The van der Waals surface area contributed by atoms with Gasteiger partial charge in [-0.1, -0.05) is 0 Å². The van der Waals surface area contributed by atoms with Crippen molar-refractivity contribution in [2.24, 2.45) is 0 Å². The molecule has 0 aromatic carbocycles. The van der Waals surface area contributed by atoms with E-state index in [0.29, 0.717) is 18.2 Å². The quantitative estimate of drug-likeness (QED) is 0.664. The molecule has 74 valence electrons. The van der Waals surface area contributed by atoms with Gasteiger partial charge >= 0.3 is 0 Å². The summed E-state index contributed by atoms with van der Waals surface area (Å²) in [6.07, 6.45) is 9.21. The van der Waals surface area contributed by atoms with Crippen molar-refractivity contribution in [2.45, 2.75) is 51.4 Å². The number of rotatable bonds is 4. The number of ether oxygens (including phenoxy) is 1. The van der Waals surface area contributed by atoms with Crippen LogP contribution in [0.5, 0.6) is 0 Å². The van der Waals surface area contributed by atoms with Gasteiger partial charge in [-0.3, -0.25) is 0 Å². The predicted molar refractivity (Wildman–Crippen MR) is 54.5 cm³/mol. The zero-order valence-corrected chi connectivity index (χ0v) is 8.55. The van der Waals surface area contributed by atoms with Crippen molar-refractivity contribution in [2.75, 3.05) is 6.54 Å². The van der Waals surface area contributed by atoms with Gasteiger partial charge in [-0.2, -0.15) is 0 Å². The van der Waals surface area contributed by atoms with E-state index in [1.54, 1.807) is 0 Å². The van der Waals surface area contributed by atoms with Crippen LogP contribution in [0.15, 0.2) is 0 Å². The monoisotopic (exact) mass is 181 g/mol. The molecule has 2 heteroatoms. The summed E-state index contributed by atoms with van der Waals surface area (Å²) in [6, 6.07) is 0.407. The van der Waals surface area contributed by atoms with Crippen LogP contribution in [0.25, 0.3) is 0 Å². The van der Waals surface area contributed by atoms with Gasteiger partial charge < -0.3 is 10.1 Å². The molecule has 1 aliphatic heterocycles. The van der Waals surface area contributed by atoms with Crippen molar-refractivity contribution in [3.63, 3.8) is 0 Å². The molecule has 0 aromatic rings. The maximum absolute atomic E-state index is 5.68. The highest BCUT2D eigenvalue weighted by atomic mass is 16.5. The van der Waals surface area contributed by atoms with Crippen LogP contribution in [0, 0.1) is 12.3 Å². The van der Waals surface area contributed by atoms with E-state index in [4.69, 9.17) is 11.2 Å². The minimum absolute atomic E-state index is 0.398. The van der Waals surface area contributed by atoms with E-state index < -0.39 is 0 Å². The van der Waals surface area contributed by atoms with E-state index in [0.717, 1.165) is 13.0 Å². The second kappa shape index (κ2) is 5.26. The average molecular weight is 181 g/mol. The van der Waals surface area contributed by atoms with Crippen molar-refractivity contribution < 1.29 is 4.74 Å². The third-order valence-corrected chi connectivity index (χ3v) is 2.44. The highest BCUT2D eigenvalue weighted by Gasteiger charge is 2.21. The van der Waals surface area contributed by atoms with Crippen LogP contribution in [-0.2, 0) is 4.74 Å². The van der Waals surface area contributed by atoms with E-state index in [-0.39, 0.29) is 0 Å². The van der Waals surface area contributed by atoms with Gasteiger partial charge in [0.05, 0.1) is 12.2 Å². The molecule has 1 rings (SSSR count). The van der Waals surface area contributed by atoms with Crippen LogP contribution >= 0.6 is 0 Å². The normalized spacial score (nSPS) is 29.9. The molecule has 1 aliphatic rings. The Kier molecular flexibility index (Phi) is 4.27. The molecule has 0 radical (unpaired) electrons. The molecular formula is C11H19NO. The summed E-state index contributed by atoms with van der Waals surface area (Å²) in [7, 11) is 0. The fraction of sp³-hybridized carbons (Fsp3) is 0.818. The Morgan fingerprint density at radius 1 is 1.62 bits per heavy atom. The maximum Gasteiger partial charge on any atom is 0.0704 e. The topological polar surface area (TPSA) is 21.3 Å². The summed E-state index contributed by atoms with van der Waals surface area (Å²) in [5, 5.41) is 3.38. The van der Waals surface area contributed by atoms with Gasteiger partial charge in [0.25, 0.3) is 0 Å². The molecule has 0 amide bonds. The number of hydrogen-bond donors (Lipinski definition) is 1. The fourth-order valence-electron chi connectivity index (χ4n) is 1.62. The molecule has 1 saturated heterocycles. The van der Waals surface area contributed by atoms with Crippen molar-refractivity contribution >= 4 is 0 Å². The van der Waals surface area contributed by atoms with Crippen molar-refractivity contribution in [3.8, 4) is 12.3 Å². The molecule has 3 atom stereocenters. The van der Waals surface area contributed by atoms with Crippen LogP contribution in [-0.4, -0.2) is 24.8 Å². The molecule has 3 unspecified atom stereocenters. The van der Waals surface area contributed by atoms with Gasteiger partial charge in [-0.05, 0) is 26.7 Å². The Morgan fingerprint density at radius 3 is 2.92 bits per heavy atom. The highest BCUT2D eigenvalue weighted by molar-refractivity contribution is 4.88. The molecule has 1 fully saturated rings. The Morgan fingerprint density at radius 2 is 2.38 bits per heavy atom. The van der Waals surface area contributed by atoms with E-state index in [1.165, 1.54) is 12.8 Å². The molecule has 0 saturated carbocycles. The van der Waals surface area contributed by atoms with Gasteiger partial charge in [-0.25, -0.2) is 0 Å². The van der Waals surface area contributed by atoms with E-state index in [9.17, 15) is 0 Å². The molecule has 1 N–H and O–H groups in total. The fourth-order valence-corrected chi connectivity index (χ4v) is 1.62. The molecule has 13 heavy (non-hydrogen) atoms. The molecule has 0 spiro atoms. The molecule has 2 nitrogen and oxygen atoms in total. The Balaban J connectivity index is 2.09. The Bertz CT molecular complexity index is 185. The molecular weight excluding hydrogens is 162 g/mol. The lowest BCUT2D eigenvalue weighted by Gasteiger charge is -2.15. The summed E-state index contributed by atoms with van der Waals surface area (Å²) >= 11 is 0. The van der Waals surface area contributed by atoms with Gasteiger partial charge in [0, 0.05) is 19.0 Å². The standard InChI is InChI=1S/C11H19NO/c1-4-5-9(2)12-8-11-7-6-10(3)13-11/h1,9-12H,5-8H2,2-3H3. The summed E-state index contributed by atoms with van der Waals surface area (Å²) < 4.78 is 5.68. The number of nitrogens with one attached hydrogen (secondary N) is 1. The SMILES string of the molecule is C#CCC(C)NCC1CCC(C)O1.